The third kappa shape index (κ3) is 6.78. The Morgan fingerprint density at radius 1 is 0.833 bits per heavy atom. The Balaban J connectivity index is 0. The summed E-state index contributed by atoms with van der Waals surface area (Å²) in [5.74, 6) is -5.53. The number of carboxylic acid groups (broad SMARTS) is 4. The second-order valence-corrected chi connectivity index (χ2v) is 3.52. The minimum absolute atomic E-state index is 0. The van der Waals surface area contributed by atoms with Gasteiger partial charge in [-0.2, -0.15) is 10.2 Å². The topological polar surface area (TPSA) is 242 Å². The molecule has 0 saturated heterocycles. The number of aromatic nitrogens is 4. The summed E-state index contributed by atoms with van der Waals surface area (Å²) in [5.41, 5.74) is -1.38. The number of hydrogen-bond donors (Lipinski definition) is 4. The molecular weight excluding hydrogens is 477 g/mol. The normalized spacial score (nSPS) is 8.67. The molecule has 129 valence electrons. The minimum Gasteiger partial charge on any atom is -0.870 e. The molecule has 0 atom stereocenters. The molecule has 2 aromatic heterocycles. The standard InChI is InChI=1S/2C5H4N2O4.Gd.H2O/c2*8-4(9)2-1-3(5(10)11)7-6-2;;/h2*1H,(H,6,7)(H,8,9)(H,10,11);;1H2/q;;+3;/p-3. The number of hydrogen-bond acceptors (Lipinski definition) is 9. The first-order valence-corrected chi connectivity index (χ1v) is 5.22. The monoisotopic (exact) mass is 485 g/mol. The van der Waals surface area contributed by atoms with E-state index < -0.39 is 23.9 Å². The second-order valence-electron chi connectivity index (χ2n) is 3.52. The minimum atomic E-state index is -1.48. The molecule has 0 aliphatic rings. The van der Waals surface area contributed by atoms with Crippen LogP contribution in [0, 0.1) is 39.9 Å². The van der Waals surface area contributed by atoms with Crippen molar-refractivity contribution in [1.29, 1.82) is 0 Å². The summed E-state index contributed by atoms with van der Waals surface area (Å²) >= 11 is 0. The van der Waals surface area contributed by atoms with Crippen LogP contribution in [0.5, 0.6) is 0 Å². The third-order valence-corrected chi connectivity index (χ3v) is 2.03. The number of aromatic carboxylic acids is 4. The Labute approximate surface area is 163 Å². The molecule has 1 radical (unpaired) electrons. The largest absolute Gasteiger partial charge is 3.00 e. The summed E-state index contributed by atoms with van der Waals surface area (Å²) in [7, 11) is 0. The van der Waals surface area contributed by atoms with Gasteiger partial charge in [0.05, 0.1) is 23.3 Å². The van der Waals surface area contributed by atoms with E-state index in [4.69, 9.17) is 10.2 Å². The van der Waals surface area contributed by atoms with E-state index in [0.29, 0.717) is 0 Å². The van der Waals surface area contributed by atoms with Crippen molar-refractivity contribution in [1.82, 2.24) is 20.4 Å². The summed E-state index contributed by atoms with van der Waals surface area (Å²) in [6, 6.07) is 1.77. The molecule has 0 aliphatic heterocycles. The molecule has 0 amide bonds. The first kappa shape index (κ1) is 23.8. The van der Waals surface area contributed by atoms with Crippen molar-refractivity contribution in [2.75, 3.05) is 0 Å². The summed E-state index contributed by atoms with van der Waals surface area (Å²) < 4.78 is 0. The van der Waals surface area contributed by atoms with Crippen LogP contribution in [0.15, 0.2) is 12.1 Å². The molecule has 2 rings (SSSR count). The van der Waals surface area contributed by atoms with Crippen LogP contribution in [-0.2, 0) is 0 Å². The van der Waals surface area contributed by atoms with Crippen LogP contribution in [0.1, 0.15) is 42.0 Å². The van der Waals surface area contributed by atoms with Crippen LogP contribution in [0.25, 0.3) is 0 Å². The molecule has 14 heteroatoms. The second kappa shape index (κ2) is 10.4. The van der Waals surface area contributed by atoms with Gasteiger partial charge in [0.2, 0.25) is 0 Å². The Kier molecular flexibility index (Phi) is 10.3. The molecule has 13 nitrogen and oxygen atoms in total. The van der Waals surface area contributed by atoms with Gasteiger partial charge in [-0.3, -0.25) is 10.2 Å². The van der Waals surface area contributed by atoms with Gasteiger partial charge in [0.25, 0.3) is 0 Å². The molecule has 0 aromatic carbocycles. The van der Waals surface area contributed by atoms with Gasteiger partial charge in [-0.25, -0.2) is 9.59 Å². The van der Waals surface area contributed by atoms with E-state index in [1.807, 2.05) is 10.2 Å². The van der Waals surface area contributed by atoms with E-state index in [-0.39, 0.29) is 68.2 Å². The SMILES string of the molecule is O=C(O)c1cc(C(=O)[O-])[nH]n1.O=C(O)c1cc(C(=O)[O-])[nH]n1.[Gd+3].[OH-]. The number of carboxylic acids is 4. The van der Waals surface area contributed by atoms with Crippen LogP contribution in [-0.4, -0.2) is 60.0 Å². The van der Waals surface area contributed by atoms with Crippen molar-refractivity contribution < 1.29 is 85.0 Å². The number of H-pyrrole nitrogens is 2. The van der Waals surface area contributed by atoms with E-state index in [9.17, 15) is 29.4 Å². The van der Waals surface area contributed by atoms with Gasteiger partial charge in [-0.15, -0.1) is 0 Å². The summed E-state index contributed by atoms with van der Waals surface area (Å²) in [6.45, 7) is 0. The molecule has 0 fully saturated rings. The Morgan fingerprint density at radius 3 is 1.25 bits per heavy atom. The summed E-state index contributed by atoms with van der Waals surface area (Å²) in [5, 5.41) is 47.1. The number of nitrogens with zero attached hydrogens (tertiary/aromatic N) is 2. The van der Waals surface area contributed by atoms with Gasteiger partial charge in [0.15, 0.2) is 11.4 Å². The molecule has 0 saturated carbocycles. The number of aromatic amines is 2. The quantitative estimate of drug-likeness (QED) is 0.336. The van der Waals surface area contributed by atoms with Crippen molar-refractivity contribution in [2.24, 2.45) is 0 Å². The van der Waals surface area contributed by atoms with Gasteiger partial charge in [0, 0.05) is 0 Å². The van der Waals surface area contributed by atoms with Crippen molar-refractivity contribution in [3.8, 4) is 0 Å². The summed E-state index contributed by atoms with van der Waals surface area (Å²) in [4.78, 5) is 40.4. The van der Waals surface area contributed by atoms with Gasteiger partial charge >= 0.3 is 51.9 Å². The average Bonchev–Trinajstić information content (AvgIpc) is 3.09. The van der Waals surface area contributed by atoms with Crippen LogP contribution in [0.2, 0.25) is 0 Å². The van der Waals surface area contributed by atoms with E-state index in [0.717, 1.165) is 12.1 Å². The maximum absolute atomic E-state index is 10.1. The molecule has 0 unspecified atom stereocenters. The van der Waals surface area contributed by atoms with Gasteiger partial charge in [0.1, 0.15) is 0 Å². The van der Waals surface area contributed by atoms with Crippen LogP contribution < -0.4 is 10.2 Å². The fourth-order valence-corrected chi connectivity index (χ4v) is 1.07. The number of nitrogens with one attached hydrogen (secondary N) is 2. The molecule has 0 aliphatic carbocycles. The first-order valence-electron chi connectivity index (χ1n) is 5.22. The molecule has 0 bridgehead atoms. The van der Waals surface area contributed by atoms with Gasteiger partial charge < -0.3 is 35.5 Å². The third-order valence-electron chi connectivity index (χ3n) is 2.03. The fraction of sp³-hybridized carbons (Fsp3) is 0. The average molecular weight is 484 g/mol. The maximum atomic E-state index is 10.1. The van der Waals surface area contributed by atoms with Crippen molar-refractivity contribution in [2.45, 2.75) is 0 Å². The van der Waals surface area contributed by atoms with Crippen LogP contribution in [0.3, 0.4) is 0 Å². The first-order chi connectivity index (χ1) is 10.2. The molecule has 24 heavy (non-hydrogen) atoms. The van der Waals surface area contributed by atoms with Crippen LogP contribution in [0.4, 0.5) is 0 Å². The van der Waals surface area contributed by atoms with E-state index in [1.54, 1.807) is 0 Å². The van der Waals surface area contributed by atoms with Gasteiger partial charge in [-0.1, -0.05) is 0 Å². The molecule has 2 heterocycles. The van der Waals surface area contributed by atoms with Crippen molar-refractivity contribution in [3.63, 3.8) is 0 Å². The maximum Gasteiger partial charge on any atom is 3.00 e. The number of carbonyl (C=O) groups is 4. The molecule has 5 N–H and O–H groups in total. The Bertz CT molecular complexity index is 619. The smallest absolute Gasteiger partial charge is 0.870 e. The van der Waals surface area contributed by atoms with E-state index >= 15 is 0 Å². The van der Waals surface area contributed by atoms with Gasteiger partial charge in [-0.05, 0) is 12.1 Å². The molecule has 0 spiro atoms. The Hall–Kier alpha value is -2.42. The predicted molar refractivity (Wildman–Crippen MR) is 61.7 cm³/mol. The Morgan fingerprint density at radius 2 is 1.12 bits per heavy atom. The zero-order chi connectivity index (χ0) is 16.9. The number of rotatable bonds is 4. The molecular formula is C10H7GdN4O9. The number of carbonyl (C=O) groups excluding carboxylic acids is 2. The predicted octanol–water partition coefficient (Wildman–Crippen LogP) is -3.23. The van der Waals surface area contributed by atoms with Crippen molar-refractivity contribution >= 4 is 23.9 Å². The van der Waals surface area contributed by atoms with E-state index in [1.165, 1.54) is 0 Å². The van der Waals surface area contributed by atoms with Crippen molar-refractivity contribution in [3.05, 3.63) is 34.9 Å². The van der Waals surface area contributed by atoms with Crippen LogP contribution >= 0.6 is 0 Å². The summed E-state index contributed by atoms with van der Waals surface area (Å²) in [6.07, 6.45) is 0. The molecule has 2 aromatic rings. The van der Waals surface area contributed by atoms with E-state index in [2.05, 4.69) is 10.2 Å². The zero-order valence-corrected chi connectivity index (χ0v) is 13.5. The zero-order valence-electron chi connectivity index (χ0n) is 11.2. The fourth-order valence-electron chi connectivity index (χ4n) is 1.07.